The molecule has 2 N–H and O–H groups in total. The van der Waals surface area contributed by atoms with Gasteiger partial charge >= 0.3 is 0 Å². The van der Waals surface area contributed by atoms with Crippen LogP contribution in [0.3, 0.4) is 0 Å². The Morgan fingerprint density at radius 1 is 1.00 bits per heavy atom. The average molecular weight is 490 g/mol. The number of imidazole rings is 1. The third-order valence-electron chi connectivity index (χ3n) is 5.16. The lowest BCUT2D eigenvalue weighted by molar-refractivity contribution is 0.102. The molecule has 0 saturated carbocycles. The minimum Gasteiger partial charge on any atom is -0.322 e. The van der Waals surface area contributed by atoms with Gasteiger partial charge in [-0.25, -0.2) is 14.4 Å². The van der Waals surface area contributed by atoms with Crippen LogP contribution in [0.1, 0.15) is 21.9 Å². The number of hydrogen-bond acceptors (Lipinski definition) is 6. The number of carbonyl (C=O) groups is 1. The first kappa shape index (κ1) is 22.1. The van der Waals surface area contributed by atoms with Crippen LogP contribution in [0.2, 0.25) is 0 Å². The first-order valence-corrected chi connectivity index (χ1v) is 12.2. The molecule has 0 aliphatic carbocycles. The van der Waals surface area contributed by atoms with Crippen LogP contribution in [0.15, 0.2) is 77.0 Å². The summed E-state index contributed by atoms with van der Waals surface area (Å²) in [4.78, 5) is 22.9. The molecule has 0 aliphatic rings. The van der Waals surface area contributed by atoms with Crippen molar-refractivity contribution in [2.75, 3.05) is 10.0 Å². The van der Waals surface area contributed by atoms with Crippen molar-refractivity contribution in [2.24, 2.45) is 0 Å². The van der Waals surface area contributed by atoms with Crippen LogP contribution in [0.4, 0.5) is 15.2 Å². The maximum Gasteiger partial charge on any atom is 0.255 e. The van der Waals surface area contributed by atoms with E-state index < -0.39 is 0 Å². The van der Waals surface area contributed by atoms with E-state index in [1.54, 1.807) is 35.6 Å². The van der Waals surface area contributed by atoms with Gasteiger partial charge in [0.25, 0.3) is 5.91 Å². The van der Waals surface area contributed by atoms with Crippen molar-refractivity contribution in [1.82, 2.24) is 14.5 Å². The fourth-order valence-electron chi connectivity index (χ4n) is 3.57. The Bertz CT molecular complexity index is 1480. The fourth-order valence-corrected chi connectivity index (χ4v) is 4.94. The van der Waals surface area contributed by atoms with Gasteiger partial charge in [-0.15, -0.1) is 11.3 Å². The van der Waals surface area contributed by atoms with E-state index in [4.69, 9.17) is 0 Å². The molecule has 5 aromatic rings. The Kier molecular flexibility index (Phi) is 6.04. The van der Waals surface area contributed by atoms with Gasteiger partial charge in [-0.05, 0) is 92.5 Å². The summed E-state index contributed by atoms with van der Waals surface area (Å²) in [5, 5.41) is 5.79. The maximum atomic E-state index is 13.4. The number of hydrogen-bond donors (Lipinski definition) is 2. The molecule has 170 valence electrons. The molecule has 1 amide bonds. The smallest absolute Gasteiger partial charge is 0.255 e. The second kappa shape index (κ2) is 9.28. The van der Waals surface area contributed by atoms with Crippen LogP contribution in [0, 0.1) is 19.7 Å². The van der Waals surface area contributed by atoms with E-state index in [9.17, 15) is 9.18 Å². The highest BCUT2D eigenvalue weighted by Crippen LogP contribution is 2.26. The van der Waals surface area contributed by atoms with Crippen molar-refractivity contribution in [3.05, 3.63) is 95.0 Å². The number of nitrogens with zero attached hydrogens (tertiary/aromatic N) is 3. The molecule has 9 heteroatoms. The average Bonchev–Trinajstić information content (AvgIpc) is 3.40. The van der Waals surface area contributed by atoms with E-state index in [0.717, 1.165) is 38.3 Å². The molecule has 0 spiro atoms. The van der Waals surface area contributed by atoms with Crippen molar-refractivity contribution in [3.8, 4) is 5.69 Å². The summed E-state index contributed by atoms with van der Waals surface area (Å²) in [6, 6.07) is 19.2. The van der Waals surface area contributed by atoms with Crippen LogP contribution >= 0.6 is 23.3 Å². The lowest BCUT2D eigenvalue weighted by atomic mass is 10.1. The number of nitrogens with one attached hydrogen (secondary N) is 2. The zero-order valence-electron chi connectivity index (χ0n) is 18.4. The summed E-state index contributed by atoms with van der Waals surface area (Å²) < 4.78 is 18.5. The van der Waals surface area contributed by atoms with Crippen LogP contribution < -0.4 is 10.0 Å². The van der Waals surface area contributed by atoms with Gasteiger partial charge in [0.1, 0.15) is 11.6 Å². The van der Waals surface area contributed by atoms with Gasteiger partial charge in [0.2, 0.25) is 0 Å². The Morgan fingerprint density at radius 3 is 2.47 bits per heavy atom. The summed E-state index contributed by atoms with van der Waals surface area (Å²) in [5.41, 5.74) is 4.53. The second-order valence-electron chi connectivity index (χ2n) is 7.65. The molecule has 0 saturated heterocycles. The summed E-state index contributed by atoms with van der Waals surface area (Å²) >= 11 is 3.02. The molecule has 5 rings (SSSR count). The molecule has 34 heavy (non-hydrogen) atoms. The molecule has 0 fully saturated rings. The summed E-state index contributed by atoms with van der Waals surface area (Å²) in [7, 11) is 0. The first-order chi connectivity index (χ1) is 16.5. The van der Waals surface area contributed by atoms with Crippen molar-refractivity contribution in [1.29, 1.82) is 0 Å². The van der Waals surface area contributed by atoms with Gasteiger partial charge in [-0.2, -0.15) is 0 Å². The molecule has 0 aliphatic heterocycles. The molecule has 0 unspecified atom stereocenters. The Balaban J connectivity index is 1.32. The van der Waals surface area contributed by atoms with Gasteiger partial charge in [0.05, 0.1) is 16.7 Å². The van der Waals surface area contributed by atoms with Gasteiger partial charge in [0.15, 0.2) is 5.13 Å². The van der Waals surface area contributed by atoms with Crippen molar-refractivity contribution in [3.63, 3.8) is 0 Å². The SMILES string of the molecule is Cc1csc(NSc2ccc(NC(=O)c3ccc4nc(C)n(-c5ccc(F)cc5)c4c3)cc2)n1. The minimum absolute atomic E-state index is 0.219. The Hall–Kier alpha value is -3.69. The molecule has 0 radical (unpaired) electrons. The van der Waals surface area contributed by atoms with Gasteiger partial charge in [0, 0.05) is 27.2 Å². The Labute approximate surface area is 204 Å². The summed E-state index contributed by atoms with van der Waals surface area (Å²) in [6.45, 7) is 3.84. The molecule has 2 aromatic heterocycles. The summed E-state index contributed by atoms with van der Waals surface area (Å²) in [6.07, 6.45) is 0. The van der Waals surface area contributed by atoms with Crippen LogP contribution in [0.5, 0.6) is 0 Å². The lowest BCUT2D eigenvalue weighted by Gasteiger charge is -2.09. The molecular formula is C25H20FN5OS2. The second-order valence-corrected chi connectivity index (χ2v) is 9.39. The summed E-state index contributed by atoms with van der Waals surface area (Å²) in [5.74, 6) is 0.237. The molecular weight excluding hydrogens is 469 g/mol. The third-order valence-corrected chi connectivity index (χ3v) is 6.96. The number of carbonyl (C=O) groups excluding carboxylic acids is 1. The normalized spacial score (nSPS) is 11.0. The topological polar surface area (TPSA) is 71.8 Å². The van der Waals surface area contributed by atoms with Crippen LogP contribution in [-0.2, 0) is 0 Å². The quantitative estimate of drug-likeness (QED) is 0.263. The maximum absolute atomic E-state index is 13.4. The predicted octanol–water partition coefficient (Wildman–Crippen LogP) is 6.61. The van der Waals surface area contributed by atoms with Gasteiger partial charge in [-0.1, -0.05) is 0 Å². The number of anilines is 2. The standard InChI is InChI=1S/C25H20FN5OS2/c1-15-14-33-25(27-15)30-34-21-10-6-19(7-11-21)29-24(32)17-3-12-22-23(13-17)31(16(2)28-22)20-8-4-18(26)5-9-20/h3-14H,1-2H3,(H,27,30)(H,29,32). The van der Waals surface area contributed by atoms with E-state index in [1.807, 2.05) is 54.1 Å². The number of halogens is 1. The van der Waals surface area contributed by atoms with Crippen LogP contribution in [-0.4, -0.2) is 20.4 Å². The zero-order valence-corrected chi connectivity index (χ0v) is 20.0. The van der Waals surface area contributed by atoms with E-state index in [2.05, 4.69) is 20.0 Å². The van der Waals surface area contributed by atoms with E-state index in [1.165, 1.54) is 24.1 Å². The Morgan fingerprint density at radius 2 is 1.76 bits per heavy atom. The number of aryl methyl sites for hydroxylation is 2. The van der Waals surface area contributed by atoms with E-state index in [-0.39, 0.29) is 11.7 Å². The van der Waals surface area contributed by atoms with Crippen molar-refractivity contribution >= 4 is 51.0 Å². The molecule has 0 atom stereocenters. The van der Waals surface area contributed by atoms with E-state index in [0.29, 0.717) is 11.3 Å². The molecule has 6 nitrogen and oxygen atoms in total. The number of amides is 1. The van der Waals surface area contributed by atoms with E-state index >= 15 is 0 Å². The van der Waals surface area contributed by atoms with Gasteiger partial charge < -0.3 is 10.0 Å². The highest BCUT2D eigenvalue weighted by atomic mass is 32.2. The highest BCUT2D eigenvalue weighted by Gasteiger charge is 2.13. The number of rotatable bonds is 6. The van der Waals surface area contributed by atoms with Crippen molar-refractivity contribution in [2.45, 2.75) is 18.7 Å². The zero-order chi connectivity index (χ0) is 23.7. The monoisotopic (exact) mass is 489 g/mol. The van der Waals surface area contributed by atoms with Crippen LogP contribution in [0.25, 0.3) is 16.7 Å². The predicted molar refractivity (Wildman–Crippen MR) is 136 cm³/mol. The fraction of sp³-hybridized carbons (Fsp3) is 0.0800. The lowest BCUT2D eigenvalue weighted by Crippen LogP contribution is -2.12. The van der Waals surface area contributed by atoms with Gasteiger partial charge in [-0.3, -0.25) is 9.36 Å². The number of benzene rings is 3. The molecule has 2 heterocycles. The van der Waals surface area contributed by atoms with Crippen molar-refractivity contribution < 1.29 is 9.18 Å². The third kappa shape index (κ3) is 4.66. The highest BCUT2D eigenvalue weighted by molar-refractivity contribution is 8.00. The first-order valence-electron chi connectivity index (χ1n) is 10.5. The largest absolute Gasteiger partial charge is 0.322 e. The number of aromatic nitrogens is 3. The molecule has 3 aromatic carbocycles. The minimum atomic E-state index is -0.302. The number of thiazole rings is 1. The molecule has 0 bridgehead atoms. The number of fused-ring (bicyclic) bond motifs is 1.